The number of hydrogen-bond acceptors (Lipinski definition) is 5. The number of carbonyl (C=O) groups excluding carboxylic acids is 2. The van der Waals surface area contributed by atoms with Gasteiger partial charge < -0.3 is 14.8 Å². The molecule has 2 rings (SSSR count). The molecule has 0 heterocycles. The molecule has 0 spiro atoms. The number of nitrogens with one attached hydrogen (secondary N) is 2. The standard InChI is InChI=1S/C23H28BrN3O4/c1-4-5-12-31-21-11-8-18(13-20(21)24)15-25-27-23(29)16(2)26-22(28)14-17-6-9-19(30-3)10-7-17/h6-11,13,15-16H,4-5,12,14H2,1-3H3,(H,26,28)(H,27,29). The van der Waals surface area contributed by atoms with Gasteiger partial charge in [-0.15, -0.1) is 0 Å². The van der Waals surface area contributed by atoms with Gasteiger partial charge in [0.15, 0.2) is 0 Å². The molecule has 1 atom stereocenters. The third kappa shape index (κ3) is 8.41. The van der Waals surface area contributed by atoms with Crippen molar-refractivity contribution in [1.29, 1.82) is 0 Å². The van der Waals surface area contributed by atoms with Crippen LogP contribution in [0.15, 0.2) is 52.0 Å². The molecule has 0 radical (unpaired) electrons. The molecule has 31 heavy (non-hydrogen) atoms. The first kappa shape index (κ1) is 24.4. The molecule has 2 aromatic carbocycles. The third-order valence-electron chi connectivity index (χ3n) is 4.39. The van der Waals surface area contributed by atoms with Crippen molar-refractivity contribution in [1.82, 2.24) is 10.7 Å². The quantitative estimate of drug-likeness (QED) is 0.285. The average molecular weight is 490 g/mol. The number of halogens is 1. The van der Waals surface area contributed by atoms with Crippen molar-refractivity contribution in [3.8, 4) is 11.5 Å². The van der Waals surface area contributed by atoms with Crippen LogP contribution in [0.4, 0.5) is 0 Å². The van der Waals surface area contributed by atoms with Gasteiger partial charge in [-0.2, -0.15) is 5.10 Å². The topological polar surface area (TPSA) is 89.0 Å². The molecular formula is C23H28BrN3O4. The maximum atomic E-state index is 12.2. The van der Waals surface area contributed by atoms with E-state index in [2.05, 4.69) is 38.7 Å². The summed E-state index contributed by atoms with van der Waals surface area (Å²) in [5.74, 6) is 0.834. The number of methoxy groups -OCH3 is 1. The minimum absolute atomic E-state index is 0.172. The minimum Gasteiger partial charge on any atom is -0.497 e. The Morgan fingerprint density at radius 1 is 1.19 bits per heavy atom. The molecule has 0 aliphatic heterocycles. The molecule has 0 saturated carbocycles. The largest absolute Gasteiger partial charge is 0.497 e. The van der Waals surface area contributed by atoms with Crippen molar-refractivity contribution in [2.45, 2.75) is 39.2 Å². The van der Waals surface area contributed by atoms with Crippen LogP contribution in [0.1, 0.15) is 37.8 Å². The van der Waals surface area contributed by atoms with Crippen molar-refractivity contribution in [3.05, 3.63) is 58.1 Å². The Hall–Kier alpha value is -2.87. The molecule has 0 aliphatic carbocycles. The van der Waals surface area contributed by atoms with Gasteiger partial charge in [-0.25, -0.2) is 5.43 Å². The summed E-state index contributed by atoms with van der Waals surface area (Å²) in [6.07, 6.45) is 3.77. The first-order valence-corrected chi connectivity index (χ1v) is 10.9. The van der Waals surface area contributed by atoms with Crippen LogP contribution in [0.25, 0.3) is 0 Å². The lowest BCUT2D eigenvalue weighted by molar-refractivity contribution is -0.128. The zero-order chi connectivity index (χ0) is 22.6. The molecule has 1 unspecified atom stereocenters. The van der Waals surface area contributed by atoms with Gasteiger partial charge in [0.1, 0.15) is 17.5 Å². The van der Waals surface area contributed by atoms with E-state index in [9.17, 15) is 9.59 Å². The van der Waals surface area contributed by atoms with Gasteiger partial charge >= 0.3 is 0 Å². The summed E-state index contributed by atoms with van der Waals surface area (Å²) in [5, 5.41) is 6.63. The summed E-state index contributed by atoms with van der Waals surface area (Å²) in [4.78, 5) is 24.3. The number of rotatable bonds is 11. The Morgan fingerprint density at radius 3 is 2.58 bits per heavy atom. The molecule has 0 fully saturated rings. The smallest absolute Gasteiger partial charge is 0.262 e. The summed E-state index contributed by atoms with van der Waals surface area (Å²) in [5.41, 5.74) is 4.07. The van der Waals surface area contributed by atoms with E-state index in [1.54, 1.807) is 26.2 Å². The van der Waals surface area contributed by atoms with E-state index in [0.29, 0.717) is 6.61 Å². The number of unbranched alkanes of at least 4 members (excludes halogenated alkanes) is 1. The lowest BCUT2D eigenvalue weighted by Crippen LogP contribution is -2.43. The molecule has 0 saturated heterocycles. The van der Waals surface area contributed by atoms with Crippen LogP contribution in [0.3, 0.4) is 0 Å². The second-order valence-electron chi connectivity index (χ2n) is 6.94. The van der Waals surface area contributed by atoms with E-state index < -0.39 is 11.9 Å². The highest BCUT2D eigenvalue weighted by Crippen LogP contribution is 2.25. The number of benzene rings is 2. The second-order valence-corrected chi connectivity index (χ2v) is 7.79. The number of hydrazone groups is 1. The number of nitrogens with zero attached hydrogens (tertiary/aromatic N) is 1. The summed E-state index contributed by atoms with van der Waals surface area (Å²) in [6.45, 7) is 4.38. The fourth-order valence-electron chi connectivity index (χ4n) is 2.60. The Morgan fingerprint density at radius 2 is 1.94 bits per heavy atom. The Bertz CT molecular complexity index is 900. The molecule has 2 N–H and O–H groups in total. The lowest BCUT2D eigenvalue weighted by atomic mass is 10.1. The highest BCUT2D eigenvalue weighted by molar-refractivity contribution is 9.10. The number of hydrogen-bond donors (Lipinski definition) is 2. The van der Waals surface area contributed by atoms with Gasteiger partial charge in [0.2, 0.25) is 5.91 Å². The average Bonchev–Trinajstić information content (AvgIpc) is 2.75. The first-order chi connectivity index (χ1) is 14.9. The summed E-state index contributed by atoms with van der Waals surface area (Å²) in [6, 6.07) is 12.0. The molecule has 166 valence electrons. The predicted molar refractivity (Wildman–Crippen MR) is 125 cm³/mol. The van der Waals surface area contributed by atoms with Gasteiger partial charge in [0, 0.05) is 0 Å². The van der Waals surface area contributed by atoms with Crippen molar-refractivity contribution in [3.63, 3.8) is 0 Å². The maximum absolute atomic E-state index is 12.2. The van der Waals surface area contributed by atoms with E-state index in [4.69, 9.17) is 9.47 Å². The molecule has 0 bridgehead atoms. The summed E-state index contributed by atoms with van der Waals surface area (Å²) < 4.78 is 11.6. The number of ether oxygens (including phenoxy) is 2. The van der Waals surface area contributed by atoms with E-state index in [0.717, 1.165) is 39.9 Å². The third-order valence-corrected chi connectivity index (χ3v) is 5.01. The van der Waals surface area contributed by atoms with Crippen LogP contribution in [-0.2, 0) is 16.0 Å². The highest BCUT2D eigenvalue weighted by atomic mass is 79.9. The molecule has 7 nitrogen and oxygen atoms in total. The zero-order valence-electron chi connectivity index (χ0n) is 18.0. The van der Waals surface area contributed by atoms with Crippen LogP contribution in [0, 0.1) is 0 Å². The monoisotopic (exact) mass is 489 g/mol. The van der Waals surface area contributed by atoms with Crippen LogP contribution in [0.2, 0.25) is 0 Å². The van der Waals surface area contributed by atoms with Gasteiger partial charge in [-0.1, -0.05) is 25.5 Å². The second kappa shape index (κ2) is 12.7. The van der Waals surface area contributed by atoms with E-state index in [-0.39, 0.29) is 12.3 Å². The summed E-state index contributed by atoms with van der Waals surface area (Å²) >= 11 is 3.48. The number of carbonyl (C=O) groups is 2. The Kier molecular flexibility index (Phi) is 10.0. The van der Waals surface area contributed by atoms with Crippen molar-refractivity contribution in [2.75, 3.05) is 13.7 Å². The van der Waals surface area contributed by atoms with Crippen LogP contribution in [0.5, 0.6) is 11.5 Å². The fourth-order valence-corrected chi connectivity index (χ4v) is 3.11. The van der Waals surface area contributed by atoms with E-state index in [1.165, 1.54) is 6.21 Å². The molecule has 8 heteroatoms. The maximum Gasteiger partial charge on any atom is 0.262 e. The Balaban J connectivity index is 1.80. The van der Waals surface area contributed by atoms with Crippen molar-refractivity contribution < 1.29 is 19.1 Å². The van der Waals surface area contributed by atoms with Crippen molar-refractivity contribution in [2.24, 2.45) is 5.10 Å². The molecule has 0 aliphatic rings. The molecule has 2 aromatic rings. The van der Waals surface area contributed by atoms with Gasteiger partial charge in [-0.05, 0) is 70.7 Å². The number of amides is 2. The fraction of sp³-hybridized carbons (Fsp3) is 0.348. The van der Waals surface area contributed by atoms with Crippen LogP contribution >= 0.6 is 15.9 Å². The minimum atomic E-state index is -0.719. The first-order valence-electron chi connectivity index (χ1n) is 10.1. The van der Waals surface area contributed by atoms with Gasteiger partial charge in [0.25, 0.3) is 5.91 Å². The lowest BCUT2D eigenvalue weighted by Gasteiger charge is -2.12. The zero-order valence-corrected chi connectivity index (χ0v) is 19.6. The normalized spacial score (nSPS) is 11.7. The van der Waals surface area contributed by atoms with E-state index >= 15 is 0 Å². The van der Waals surface area contributed by atoms with Crippen LogP contribution in [-0.4, -0.2) is 37.8 Å². The molecule has 2 amide bonds. The predicted octanol–water partition coefficient (Wildman–Crippen LogP) is 3.83. The molecule has 0 aromatic heterocycles. The van der Waals surface area contributed by atoms with E-state index in [1.807, 2.05) is 30.3 Å². The van der Waals surface area contributed by atoms with Crippen molar-refractivity contribution >= 4 is 34.0 Å². The SMILES string of the molecule is CCCCOc1ccc(C=NNC(=O)C(C)NC(=O)Cc2ccc(OC)cc2)cc1Br. The van der Waals surface area contributed by atoms with Gasteiger partial charge in [-0.3, -0.25) is 9.59 Å². The summed E-state index contributed by atoms with van der Waals surface area (Å²) in [7, 11) is 1.58. The van der Waals surface area contributed by atoms with Crippen LogP contribution < -0.4 is 20.2 Å². The molecular weight excluding hydrogens is 462 g/mol. The highest BCUT2D eigenvalue weighted by Gasteiger charge is 2.15. The Labute approximate surface area is 191 Å². The van der Waals surface area contributed by atoms with Gasteiger partial charge in [0.05, 0.1) is 30.8 Å².